The van der Waals surface area contributed by atoms with E-state index in [4.69, 9.17) is 0 Å². The Labute approximate surface area is 109 Å². The molecule has 0 amide bonds. The zero-order chi connectivity index (χ0) is 12.1. The van der Waals surface area contributed by atoms with Crippen LogP contribution in [0.2, 0.25) is 0 Å². The number of nitrogens with zero attached hydrogens (tertiary/aromatic N) is 1. The smallest absolute Gasteiger partial charge is 0.0107 e. The van der Waals surface area contributed by atoms with Gasteiger partial charge in [0.25, 0.3) is 0 Å². The van der Waals surface area contributed by atoms with Crippen molar-refractivity contribution >= 4 is 11.3 Å². The molecule has 0 aromatic carbocycles. The van der Waals surface area contributed by atoms with Crippen LogP contribution in [0.15, 0.2) is 17.5 Å². The Kier molecular flexibility index (Phi) is 4.60. The minimum Gasteiger partial charge on any atom is -0.315 e. The molecule has 96 valence electrons. The molecular weight excluding hydrogens is 228 g/mol. The van der Waals surface area contributed by atoms with E-state index in [0.717, 1.165) is 13.1 Å². The van der Waals surface area contributed by atoms with Gasteiger partial charge in [-0.15, -0.1) is 11.3 Å². The predicted octanol–water partition coefficient (Wildman–Crippen LogP) is 2.61. The third kappa shape index (κ3) is 4.41. The Morgan fingerprint density at radius 2 is 2.29 bits per heavy atom. The standard InChI is InChI=1S/C14H24N2S/c1-14(2)6-9-16(12-14)10-8-15-7-5-13-4-3-11-17-13/h3-4,11,15H,5-10,12H2,1-2H3. The Morgan fingerprint density at radius 1 is 1.41 bits per heavy atom. The molecule has 1 aromatic heterocycles. The number of nitrogens with one attached hydrogen (secondary N) is 1. The summed E-state index contributed by atoms with van der Waals surface area (Å²) in [5, 5.41) is 5.70. The normalized spacial score (nSPS) is 19.9. The van der Waals surface area contributed by atoms with Crippen LogP contribution in [0.5, 0.6) is 0 Å². The molecule has 2 heterocycles. The summed E-state index contributed by atoms with van der Waals surface area (Å²) in [5.74, 6) is 0. The predicted molar refractivity (Wildman–Crippen MR) is 75.7 cm³/mol. The summed E-state index contributed by atoms with van der Waals surface area (Å²) in [7, 11) is 0. The first-order valence-corrected chi connectivity index (χ1v) is 7.49. The lowest BCUT2D eigenvalue weighted by Gasteiger charge is -2.19. The van der Waals surface area contributed by atoms with Gasteiger partial charge in [0.05, 0.1) is 0 Å². The average Bonchev–Trinajstić information content (AvgIpc) is 2.88. The molecule has 0 radical (unpaired) electrons. The van der Waals surface area contributed by atoms with Gasteiger partial charge in [-0.3, -0.25) is 0 Å². The van der Waals surface area contributed by atoms with Gasteiger partial charge >= 0.3 is 0 Å². The van der Waals surface area contributed by atoms with E-state index in [1.807, 2.05) is 11.3 Å². The van der Waals surface area contributed by atoms with Gasteiger partial charge in [0.15, 0.2) is 0 Å². The van der Waals surface area contributed by atoms with E-state index in [2.05, 4.69) is 41.6 Å². The van der Waals surface area contributed by atoms with E-state index in [1.54, 1.807) is 0 Å². The second-order valence-corrected chi connectivity index (χ2v) is 6.80. The molecular formula is C14H24N2S. The molecule has 2 rings (SSSR count). The van der Waals surface area contributed by atoms with Crippen molar-refractivity contribution in [1.29, 1.82) is 0 Å². The Morgan fingerprint density at radius 3 is 2.94 bits per heavy atom. The highest BCUT2D eigenvalue weighted by Gasteiger charge is 2.28. The van der Waals surface area contributed by atoms with E-state index in [0.29, 0.717) is 5.41 Å². The summed E-state index contributed by atoms with van der Waals surface area (Å²) >= 11 is 1.86. The van der Waals surface area contributed by atoms with Gasteiger partial charge < -0.3 is 10.2 Å². The molecule has 3 heteroatoms. The largest absolute Gasteiger partial charge is 0.315 e. The third-order valence-electron chi connectivity index (χ3n) is 3.49. The van der Waals surface area contributed by atoms with Gasteiger partial charge in [-0.2, -0.15) is 0 Å². The van der Waals surface area contributed by atoms with Crippen molar-refractivity contribution < 1.29 is 0 Å². The molecule has 1 fully saturated rings. The molecule has 0 bridgehead atoms. The van der Waals surface area contributed by atoms with E-state index in [-0.39, 0.29) is 0 Å². The number of hydrogen-bond donors (Lipinski definition) is 1. The van der Waals surface area contributed by atoms with Crippen LogP contribution in [-0.4, -0.2) is 37.6 Å². The number of hydrogen-bond acceptors (Lipinski definition) is 3. The Bertz CT molecular complexity index is 319. The summed E-state index contributed by atoms with van der Waals surface area (Å²) < 4.78 is 0. The van der Waals surface area contributed by atoms with Crippen molar-refractivity contribution in [2.24, 2.45) is 5.41 Å². The highest BCUT2D eigenvalue weighted by molar-refractivity contribution is 7.09. The topological polar surface area (TPSA) is 15.3 Å². The van der Waals surface area contributed by atoms with E-state index in [1.165, 1.54) is 37.4 Å². The molecule has 1 aliphatic heterocycles. The zero-order valence-corrected chi connectivity index (χ0v) is 11.9. The minimum absolute atomic E-state index is 0.539. The maximum absolute atomic E-state index is 3.54. The van der Waals surface area contributed by atoms with Crippen LogP contribution in [0.1, 0.15) is 25.1 Å². The minimum atomic E-state index is 0.539. The Hall–Kier alpha value is -0.380. The fourth-order valence-corrected chi connectivity index (χ4v) is 3.15. The monoisotopic (exact) mass is 252 g/mol. The molecule has 0 saturated carbocycles. The van der Waals surface area contributed by atoms with Crippen molar-refractivity contribution in [3.05, 3.63) is 22.4 Å². The van der Waals surface area contributed by atoms with Crippen molar-refractivity contribution in [3.63, 3.8) is 0 Å². The second-order valence-electron chi connectivity index (χ2n) is 5.77. The van der Waals surface area contributed by atoms with Gasteiger partial charge in [-0.25, -0.2) is 0 Å². The van der Waals surface area contributed by atoms with Gasteiger partial charge in [0.1, 0.15) is 0 Å². The lowest BCUT2D eigenvalue weighted by molar-refractivity contribution is 0.290. The SMILES string of the molecule is CC1(C)CCN(CCNCCc2cccs2)C1. The fraction of sp³-hybridized carbons (Fsp3) is 0.714. The summed E-state index contributed by atoms with van der Waals surface area (Å²) in [6.45, 7) is 10.7. The lowest BCUT2D eigenvalue weighted by atomic mass is 9.93. The Balaban J connectivity index is 1.52. The van der Waals surface area contributed by atoms with E-state index >= 15 is 0 Å². The summed E-state index contributed by atoms with van der Waals surface area (Å²) in [6, 6.07) is 4.35. The summed E-state index contributed by atoms with van der Waals surface area (Å²) in [4.78, 5) is 4.07. The molecule has 0 atom stereocenters. The van der Waals surface area contributed by atoms with Crippen molar-refractivity contribution in [1.82, 2.24) is 10.2 Å². The summed E-state index contributed by atoms with van der Waals surface area (Å²) in [6.07, 6.45) is 2.52. The van der Waals surface area contributed by atoms with E-state index in [9.17, 15) is 0 Å². The van der Waals surface area contributed by atoms with Gasteiger partial charge in [-0.05, 0) is 36.2 Å². The molecule has 0 spiro atoms. The lowest BCUT2D eigenvalue weighted by Crippen LogP contribution is -2.32. The third-order valence-corrected chi connectivity index (χ3v) is 4.43. The molecule has 17 heavy (non-hydrogen) atoms. The number of rotatable bonds is 6. The molecule has 2 nitrogen and oxygen atoms in total. The highest BCUT2D eigenvalue weighted by Crippen LogP contribution is 2.28. The van der Waals surface area contributed by atoms with E-state index < -0.39 is 0 Å². The van der Waals surface area contributed by atoms with Crippen LogP contribution < -0.4 is 5.32 Å². The second kappa shape index (κ2) is 5.98. The first kappa shape index (κ1) is 13.1. The van der Waals surface area contributed by atoms with Crippen LogP contribution in [0.4, 0.5) is 0 Å². The van der Waals surface area contributed by atoms with Crippen molar-refractivity contribution in [3.8, 4) is 0 Å². The average molecular weight is 252 g/mol. The van der Waals surface area contributed by atoms with Crippen molar-refractivity contribution in [2.45, 2.75) is 26.7 Å². The van der Waals surface area contributed by atoms with Crippen LogP contribution >= 0.6 is 11.3 Å². The highest BCUT2D eigenvalue weighted by atomic mass is 32.1. The zero-order valence-electron chi connectivity index (χ0n) is 11.0. The van der Waals surface area contributed by atoms with Gasteiger partial charge in [0, 0.05) is 31.1 Å². The number of thiophene rings is 1. The molecule has 1 N–H and O–H groups in total. The maximum Gasteiger partial charge on any atom is 0.0107 e. The molecule has 0 unspecified atom stereocenters. The first-order chi connectivity index (χ1) is 8.16. The quantitative estimate of drug-likeness (QED) is 0.783. The van der Waals surface area contributed by atoms with Crippen molar-refractivity contribution in [2.75, 3.05) is 32.7 Å². The maximum atomic E-state index is 3.54. The fourth-order valence-electron chi connectivity index (χ4n) is 2.44. The first-order valence-electron chi connectivity index (χ1n) is 6.61. The summed E-state index contributed by atoms with van der Waals surface area (Å²) in [5.41, 5.74) is 0.539. The van der Waals surface area contributed by atoms with Crippen LogP contribution in [-0.2, 0) is 6.42 Å². The van der Waals surface area contributed by atoms with Crippen LogP contribution in [0.25, 0.3) is 0 Å². The molecule has 1 aliphatic rings. The van der Waals surface area contributed by atoms with Crippen LogP contribution in [0, 0.1) is 5.41 Å². The number of likely N-dealkylation sites (tertiary alicyclic amines) is 1. The molecule has 0 aliphatic carbocycles. The van der Waals surface area contributed by atoms with Crippen LogP contribution in [0.3, 0.4) is 0 Å². The molecule has 1 aromatic rings. The molecule has 1 saturated heterocycles. The van der Waals surface area contributed by atoms with Gasteiger partial charge in [0.2, 0.25) is 0 Å². The van der Waals surface area contributed by atoms with Gasteiger partial charge in [-0.1, -0.05) is 19.9 Å².